The first-order valence-electron chi connectivity index (χ1n) is 6.74. The fourth-order valence-corrected chi connectivity index (χ4v) is 3.37. The molecule has 2 aromatic rings. The van der Waals surface area contributed by atoms with Gasteiger partial charge in [0.2, 0.25) is 0 Å². The van der Waals surface area contributed by atoms with Crippen molar-refractivity contribution in [3.8, 4) is 0 Å². The van der Waals surface area contributed by atoms with Crippen LogP contribution in [0.1, 0.15) is 24.3 Å². The third-order valence-electron chi connectivity index (χ3n) is 3.60. The lowest BCUT2D eigenvalue weighted by molar-refractivity contribution is 0.395. The van der Waals surface area contributed by atoms with E-state index in [1.54, 1.807) is 0 Å². The van der Waals surface area contributed by atoms with Gasteiger partial charge in [0.25, 0.3) is 0 Å². The Balaban J connectivity index is 1.94. The van der Waals surface area contributed by atoms with Gasteiger partial charge in [0, 0.05) is 29.2 Å². The molecule has 1 N–H and O–H groups in total. The Morgan fingerprint density at radius 2 is 2.05 bits per heavy atom. The highest BCUT2D eigenvalue weighted by atomic mass is 32.1. The van der Waals surface area contributed by atoms with Crippen molar-refractivity contribution in [3.05, 3.63) is 52.2 Å². The van der Waals surface area contributed by atoms with E-state index in [0.717, 1.165) is 19.6 Å². The van der Waals surface area contributed by atoms with E-state index < -0.39 is 0 Å². The molecule has 1 aliphatic rings. The quantitative estimate of drug-likeness (QED) is 0.898. The number of hydrogen-bond donors (Lipinski definition) is 1. The number of nitrogens with zero attached hydrogens (tertiary/aromatic N) is 1. The summed E-state index contributed by atoms with van der Waals surface area (Å²) in [6, 6.07) is 13.1. The molecule has 0 bridgehead atoms. The van der Waals surface area contributed by atoms with Crippen molar-refractivity contribution in [1.82, 2.24) is 5.32 Å². The average Bonchev–Trinajstić information content (AvgIpc) is 2.84. The summed E-state index contributed by atoms with van der Waals surface area (Å²) >= 11 is 1.84. The fourth-order valence-electron chi connectivity index (χ4n) is 2.65. The summed E-state index contributed by atoms with van der Waals surface area (Å²) in [6.07, 6.45) is 0. The molecule has 0 aliphatic carbocycles. The van der Waals surface area contributed by atoms with E-state index >= 15 is 0 Å². The van der Waals surface area contributed by atoms with Crippen molar-refractivity contribution in [3.63, 3.8) is 0 Å². The van der Waals surface area contributed by atoms with E-state index in [1.807, 2.05) is 11.3 Å². The van der Waals surface area contributed by atoms with Crippen LogP contribution in [0.4, 0.5) is 5.69 Å². The van der Waals surface area contributed by atoms with Gasteiger partial charge in [-0.25, -0.2) is 0 Å². The van der Waals surface area contributed by atoms with Crippen LogP contribution in [0, 0.1) is 0 Å². The molecule has 2 heterocycles. The number of benzene rings is 1. The normalized spacial score (nSPS) is 17.9. The van der Waals surface area contributed by atoms with Crippen LogP contribution in [-0.2, 0) is 13.1 Å². The van der Waals surface area contributed by atoms with Crippen LogP contribution in [0.3, 0.4) is 0 Å². The van der Waals surface area contributed by atoms with Crippen LogP contribution < -0.4 is 10.2 Å². The maximum Gasteiger partial charge on any atom is 0.0523 e. The van der Waals surface area contributed by atoms with Crippen LogP contribution in [0.5, 0.6) is 0 Å². The summed E-state index contributed by atoms with van der Waals surface area (Å²) in [5, 5.41) is 5.80. The van der Waals surface area contributed by atoms with Gasteiger partial charge in [0.15, 0.2) is 0 Å². The molecule has 0 fully saturated rings. The molecule has 3 rings (SSSR count). The molecular formula is C16H20N2S. The fraction of sp³-hybridized carbons (Fsp3) is 0.375. The highest BCUT2D eigenvalue weighted by Crippen LogP contribution is 2.28. The smallest absolute Gasteiger partial charge is 0.0523 e. The SMILES string of the molecule is CC1(C)CN(Cc2cccs2)c2ccccc2CN1. The minimum absolute atomic E-state index is 0.135. The molecule has 0 radical (unpaired) electrons. The second kappa shape index (κ2) is 4.99. The summed E-state index contributed by atoms with van der Waals surface area (Å²) in [4.78, 5) is 3.92. The van der Waals surface area contributed by atoms with Crippen LogP contribution in [0.15, 0.2) is 41.8 Å². The first-order valence-corrected chi connectivity index (χ1v) is 7.62. The lowest BCUT2D eigenvalue weighted by Crippen LogP contribution is -2.46. The largest absolute Gasteiger partial charge is 0.364 e. The zero-order valence-electron chi connectivity index (χ0n) is 11.5. The minimum atomic E-state index is 0.135. The van der Waals surface area contributed by atoms with Gasteiger partial charge in [-0.05, 0) is 36.9 Å². The molecule has 100 valence electrons. The molecular weight excluding hydrogens is 252 g/mol. The average molecular weight is 272 g/mol. The lowest BCUT2D eigenvalue weighted by atomic mass is 10.1. The van der Waals surface area contributed by atoms with Gasteiger partial charge in [-0.3, -0.25) is 0 Å². The second-order valence-electron chi connectivity index (χ2n) is 5.80. The molecule has 1 aromatic heterocycles. The molecule has 0 atom stereocenters. The molecule has 1 aliphatic heterocycles. The van der Waals surface area contributed by atoms with E-state index in [9.17, 15) is 0 Å². The zero-order valence-corrected chi connectivity index (χ0v) is 12.3. The Hall–Kier alpha value is -1.32. The molecule has 0 spiro atoms. The Labute approximate surface area is 119 Å². The Kier molecular flexibility index (Phi) is 3.33. The highest BCUT2D eigenvalue weighted by molar-refractivity contribution is 7.09. The summed E-state index contributed by atoms with van der Waals surface area (Å²) in [5.74, 6) is 0. The maximum absolute atomic E-state index is 3.65. The van der Waals surface area contributed by atoms with Crippen molar-refractivity contribution in [2.75, 3.05) is 11.4 Å². The molecule has 2 nitrogen and oxygen atoms in total. The molecule has 0 saturated heterocycles. The Morgan fingerprint density at radius 3 is 2.84 bits per heavy atom. The number of hydrogen-bond acceptors (Lipinski definition) is 3. The number of nitrogens with one attached hydrogen (secondary N) is 1. The van der Waals surface area contributed by atoms with Crippen molar-refractivity contribution in [1.29, 1.82) is 0 Å². The Bertz CT molecular complexity index is 546. The molecule has 0 amide bonds. The van der Waals surface area contributed by atoms with Gasteiger partial charge in [-0.2, -0.15) is 0 Å². The minimum Gasteiger partial charge on any atom is -0.364 e. The lowest BCUT2D eigenvalue weighted by Gasteiger charge is -2.31. The predicted molar refractivity (Wildman–Crippen MR) is 82.7 cm³/mol. The third-order valence-corrected chi connectivity index (χ3v) is 4.46. The first kappa shape index (κ1) is 12.7. The number of anilines is 1. The van der Waals surface area contributed by atoms with Gasteiger partial charge < -0.3 is 10.2 Å². The summed E-state index contributed by atoms with van der Waals surface area (Å²) < 4.78 is 0. The number of para-hydroxylation sites is 1. The van der Waals surface area contributed by atoms with Crippen molar-refractivity contribution in [2.45, 2.75) is 32.5 Å². The molecule has 1 aromatic carbocycles. The standard InChI is InChI=1S/C16H20N2S/c1-16(2)12-18(11-14-7-5-9-19-14)15-8-4-3-6-13(15)10-17-16/h3-9,17H,10-12H2,1-2H3. The van der Waals surface area contributed by atoms with E-state index in [2.05, 4.69) is 65.8 Å². The zero-order chi connectivity index (χ0) is 13.3. The van der Waals surface area contributed by atoms with Crippen molar-refractivity contribution in [2.24, 2.45) is 0 Å². The topological polar surface area (TPSA) is 15.3 Å². The van der Waals surface area contributed by atoms with E-state index in [0.29, 0.717) is 0 Å². The third kappa shape index (κ3) is 2.82. The molecule has 0 unspecified atom stereocenters. The van der Waals surface area contributed by atoms with Gasteiger partial charge in [-0.15, -0.1) is 11.3 Å². The van der Waals surface area contributed by atoms with E-state index in [4.69, 9.17) is 0 Å². The molecule has 3 heteroatoms. The summed E-state index contributed by atoms with van der Waals surface area (Å²) in [7, 11) is 0. The molecule has 0 saturated carbocycles. The van der Waals surface area contributed by atoms with Crippen molar-refractivity contribution >= 4 is 17.0 Å². The predicted octanol–water partition coefficient (Wildman–Crippen LogP) is 3.64. The van der Waals surface area contributed by atoms with Crippen LogP contribution >= 0.6 is 11.3 Å². The number of fused-ring (bicyclic) bond motifs is 1. The molecule has 19 heavy (non-hydrogen) atoms. The Morgan fingerprint density at radius 1 is 1.21 bits per heavy atom. The van der Waals surface area contributed by atoms with Gasteiger partial charge in [-0.1, -0.05) is 24.3 Å². The first-order chi connectivity index (χ1) is 9.14. The summed E-state index contributed by atoms with van der Waals surface area (Å²) in [6.45, 7) is 7.53. The summed E-state index contributed by atoms with van der Waals surface area (Å²) in [5.41, 5.74) is 2.90. The van der Waals surface area contributed by atoms with E-state index in [1.165, 1.54) is 16.1 Å². The van der Waals surface area contributed by atoms with Crippen LogP contribution in [-0.4, -0.2) is 12.1 Å². The van der Waals surface area contributed by atoms with Crippen LogP contribution in [0.25, 0.3) is 0 Å². The number of rotatable bonds is 2. The van der Waals surface area contributed by atoms with Crippen LogP contribution in [0.2, 0.25) is 0 Å². The van der Waals surface area contributed by atoms with E-state index in [-0.39, 0.29) is 5.54 Å². The highest BCUT2D eigenvalue weighted by Gasteiger charge is 2.26. The monoisotopic (exact) mass is 272 g/mol. The number of thiophene rings is 1. The van der Waals surface area contributed by atoms with Crippen molar-refractivity contribution < 1.29 is 0 Å². The van der Waals surface area contributed by atoms with Gasteiger partial charge in [0.1, 0.15) is 0 Å². The van der Waals surface area contributed by atoms with Gasteiger partial charge in [0.05, 0.1) is 6.54 Å². The second-order valence-corrected chi connectivity index (χ2v) is 6.83. The maximum atomic E-state index is 3.65. The van der Waals surface area contributed by atoms with Gasteiger partial charge >= 0.3 is 0 Å².